The van der Waals surface area contributed by atoms with Gasteiger partial charge in [-0.2, -0.15) is 0 Å². The lowest BCUT2D eigenvalue weighted by molar-refractivity contribution is -0.156. The van der Waals surface area contributed by atoms with Crippen molar-refractivity contribution in [2.75, 3.05) is 19.8 Å². The molecule has 0 saturated carbocycles. The highest BCUT2D eigenvalue weighted by atomic mass is 16.5. The van der Waals surface area contributed by atoms with E-state index in [1.54, 1.807) is 6.08 Å². The van der Waals surface area contributed by atoms with Crippen molar-refractivity contribution >= 4 is 11.9 Å². The van der Waals surface area contributed by atoms with Crippen molar-refractivity contribution in [3.8, 4) is 0 Å². The number of carbonyl (C=O) groups is 2. The zero-order chi connectivity index (χ0) is 15.9. The molecule has 0 aliphatic carbocycles. The molecule has 0 bridgehead atoms. The molecule has 0 aromatic heterocycles. The molecule has 5 nitrogen and oxygen atoms in total. The fourth-order valence-corrected chi connectivity index (χ4v) is 2.42. The Morgan fingerprint density at radius 2 is 2.09 bits per heavy atom. The van der Waals surface area contributed by atoms with Crippen molar-refractivity contribution in [3.05, 3.63) is 47.5 Å². The molecule has 1 aliphatic rings. The van der Waals surface area contributed by atoms with Crippen LogP contribution in [0.2, 0.25) is 0 Å². The predicted molar refractivity (Wildman–Crippen MR) is 82.5 cm³/mol. The smallest absolute Gasteiger partial charge is 0.328 e. The minimum absolute atomic E-state index is 0.0535. The summed E-state index contributed by atoms with van der Waals surface area (Å²) in [5, 5.41) is 9.15. The first-order valence-corrected chi connectivity index (χ1v) is 7.40. The third-order valence-electron chi connectivity index (χ3n) is 3.72. The third-order valence-corrected chi connectivity index (χ3v) is 3.72. The van der Waals surface area contributed by atoms with Gasteiger partial charge in [0.2, 0.25) is 5.91 Å². The Kier molecular flexibility index (Phi) is 5.72. The molecule has 1 heterocycles. The maximum absolute atomic E-state index is 12.3. The minimum Gasteiger partial charge on any atom is -0.480 e. The van der Waals surface area contributed by atoms with Gasteiger partial charge in [-0.25, -0.2) is 4.79 Å². The molecule has 1 fully saturated rings. The van der Waals surface area contributed by atoms with Gasteiger partial charge in [0.25, 0.3) is 0 Å². The van der Waals surface area contributed by atoms with Crippen LogP contribution in [-0.4, -0.2) is 47.7 Å². The maximum Gasteiger partial charge on any atom is 0.328 e. The molecule has 1 aromatic carbocycles. The summed E-state index contributed by atoms with van der Waals surface area (Å²) in [5.41, 5.74) is 2.17. The lowest BCUT2D eigenvalue weighted by atomic mass is 10.1. The van der Waals surface area contributed by atoms with Gasteiger partial charge in [-0.15, -0.1) is 0 Å². The van der Waals surface area contributed by atoms with E-state index in [2.05, 4.69) is 12.1 Å². The molecule has 2 rings (SSSR count). The second-order valence-corrected chi connectivity index (χ2v) is 5.44. The van der Waals surface area contributed by atoms with Gasteiger partial charge in [-0.05, 0) is 25.3 Å². The molecule has 1 aliphatic heterocycles. The standard InChI is InChI=1S/C17H21NO4/c1-13(7-8-14-5-3-2-4-6-14)11-16(19)18-9-10-22-12-15(18)17(20)21/h2-6,11,15H,7-10,12H2,1H3,(H,20,21). The van der Waals surface area contributed by atoms with Gasteiger partial charge < -0.3 is 14.7 Å². The number of carbonyl (C=O) groups excluding carboxylic acids is 1. The lowest BCUT2D eigenvalue weighted by Gasteiger charge is -2.32. The number of hydrogen-bond acceptors (Lipinski definition) is 3. The van der Waals surface area contributed by atoms with Crippen LogP contribution in [-0.2, 0) is 20.7 Å². The van der Waals surface area contributed by atoms with E-state index in [0.717, 1.165) is 18.4 Å². The van der Waals surface area contributed by atoms with Crippen LogP contribution in [0, 0.1) is 0 Å². The Hall–Kier alpha value is -2.14. The van der Waals surface area contributed by atoms with Crippen LogP contribution in [0.5, 0.6) is 0 Å². The average Bonchev–Trinajstić information content (AvgIpc) is 2.54. The van der Waals surface area contributed by atoms with E-state index in [1.165, 1.54) is 10.5 Å². The molecule has 1 aromatic rings. The molecule has 1 unspecified atom stereocenters. The van der Waals surface area contributed by atoms with E-state index in [0.29, 0.717) is 13.2 Å². The van der Waals surface area contributed by atoms with Crippen LogP contribution in [0.3, 0.4) is 0 Å². The first-order chi connectivity index (χ1) is 10.6. The fraction of sp³-hybridized carbons (Fsp3) is 0.412. The summed E-state index contributed by atoms with van der Waals surface area (Å²) in [4.78, 5) is 24.8. The van der Waals surface area contributed by atoms with Crippen molar-refractivity contribution in [2.24, 2.45) is 0 Å². The molecule has 118 valence electrons. The number of allylic oxidation sites excluding steroid dienone is 1. The van der Waals surface area contributed by atoms with Crippen LogP contribution in [0.1, 0.15) is 18.9 Å². The van der Waals surface area contributed by atoms with Gasteiger partial charge in [-0.3, -0.25) is 4.79 Å². The monoisotopic (exact) mass is 303 g/mol. The largest absolute Gasteiger partial charge is 0.480 e. The molecule has 5 heteroatoms. The molecule has 1 N–H and O–H groups in total. The Labute approximate surface area is 130 Å². The second kappa shape index (κ2) is 7.75. The van der Waals surface area contributed by atoms with Gasteiger partial charge in [-0.1, -0.05) is 35.9 Å². The number of morpholine rings is 1. The average molecular weight is 303 g/mol. The molecule has 1 saturated heterocycles. The topological polar surface area (TPSA) is 66.8 Å². The summed E-state index contributed by atoms with van der Waals surface area (Å²) in [6, 6.07) is 9.17. The summed E-state index contributed by atoms with van der Waals surface area (Å²) in [6.07, 6.45) is 3.18. The lowest BCUT2D eigenvalue weighted by Crippen LogP contribution is -2.52. The van der Waals surface area contributed by atoms with Crippen molar-refractivity contribution in [1.82, 2.24) is 4.90 Å². The maximum atomic E-state index is 12.3. The second-order valence-electron chi connectivity index (χ2n) is 5.44. The number of carboxylic acids is 1. The van der Waals surface area contributed by atoms with Gasteiger partial charge >= 0.3 is 5.97 Å². The molecular formula is C17H21NO4. The zero-order valence-corrected chi connectivity index (χ0v) is 12.7. The Morgan fingerprint density at radius 1 is 1.36 bits per heavy atom. The highest BCUT2D eigenvalue weighted by Gasteiger charge is 2.31. The van der Waals surface area contributed by atoms with Crippen molar-refractivity contribution in [3.63, 3.8) is 0 Å². The summed E-state index contributed by atoms with van der Waals surface area (Å²) >= 11 is 0. The van der Waals surface area contributed by atoms with Crippen LogP contribution < -0.4 is 0 Å². The third kappa shape index (κ3) is 4.43. The fourth-order valence-electron chi connectivity index (χ4n) is 2.42. The molecule has 0 spiro atoms. The normalized spacial score (nSPS) is 19.0. The first kappa shape index (κ1) is 16.2. The van der Waals surface area contributed by atoms with E-state index in [1.807, 2.05) is 25.1 Å². The number of carboxylic acid groups (broad SMARTS) is 1. The highest BCUT2D eigenvalue weighted by molar-refractivity contribution is 5.91. The van der Waals surface area contributed by atoms with Crippen molar-refractivity contribution in [2.45, 2.75) is 25.8 Å². The number of ether oxygens (including phenoxy) is 1. The Balaban J connectivity index is 1.94. The van der Waals surface area contributed by atoms with Crippen molar-refractivity contribution in [1.29, 1.82) is 0 Å². The quantitative estimate of drug-likeness (QED) is 0.843. The van der Waals surface area contributed by atoms with Gasteiger partial charge in [0.1, 0.15) is 0 Å². The van der Waals surface area contributed by atoms with Crippen LogP contribution in [0.4, 0.5) is 0 Å². The zero-order valence-electron chi connectivity index (χ0n) is 12.7. The summed E-state index contributed by atoms with van der Waals surface area (Å²) in [5.74, 6) is -1.27. The number of hydrogen-bond donors (Lipinski definition) is 1. The SMILES string of the molecule is CC(=CC(=O)N1CCOCC1C(=O)O)CCc1ccccc1. The van der Waals surface area contributed by atoms with E-state index >= 15 is 0 Å². The number of benzene rings is 1. The number of rotatable bonds is 5. The first-order valence-electron chi connectivity index (χ1n) is 7.40. The summed E-state index contributed by atoms with van der Waals surface area (Å²) in [7, 11) is 0. The molecular weight excluding hydrogens is 282 g/mol. The Bertz CT molecular complexity index is 553. The van der Waals surface area contributed by atoms with E-state index < -0.39 is 12.0 Å². The molecule has 22 heavy (non-hydrogen) atoms. The van der Waals surface area contributed by atoms with Crippen LogP contribution in [0.15, 0.2) is 42.0 Å². The summed E-state index contributed by atoms with van der Waals surface area (Å²) < 4.78 is 5.14. The van der Waals surface area contributed by atoms with Crippen molar-refractivity contribution < 1.29 is 19.4 Å². The number of aryl methyl sites for hydroxylation is 1. The number of aliphatic carboxylic acids is 1. The predicted octanol–water partition coefficient (Wildman–Crippen LogP) is 1.88. The van der Waals surface area contributed by atoms with E-state index in [-0.39, 0.29) is 12.5 Å². The van der Waals surface area contributed by atoms with E-state index in [9.17, 15) is 9.59 Å². The van der Waals surface area contributed by atoms with Crippen LogP contribution in [0.25, 0.3) is 0 Å². The van der Waals surface area contributed by atoms with E-state index in [4.69, 9.17) is 9.84 Å². The minimum atomic E-state index is -1.02. The molecule has 0 radical (unpaired) electrons. The molecule has 1 atom stereocenters. The molecule has 1 amide bonds. The van der Waals surface area contributed by atoms with Gasteiger partial charge in [0, 0.05) is 12.6 Å². The van der Waals surface area contributed by atoms with Crippen LogP contribution >= 0.6 is 0 Å². The number of amides is 1. The Morgan fingerprint density at radius 3 is 2.77 bits per heavy atom. The number of nitrogens with zero attached hydrogens (tertiary/aromatic N) is 1. The summed E-state index contributed by atoms with van der Waals surface area (Å²) in [6.45, 7) is 2.65. The van der Waals surface area contributed by atoms with Gasteiger partial charge in [0.05, 0.1) is 13.2 Å². The highest BCUT2D eigenvalue weighted by Crippen LogP contribution is 2.12. The van der Waals surface area contributed by atoms with Gasteiger partial charge in [0.15, 0.2) is 6.04 Å².